The number of carbonyl (C=O) groups is 2. The quantitative estimate of drug-likeness (QED) is 0.399. The van der Waals surface area contributed by atoms with E-state index >= 15 is 0 Å². The minimum absolute atomic E-state index is 0.0203. The lowest BCUT2D eigenvalue weighted by Gasteiger charge is -2.44. The molecule has 0 aromatic carbocycles. The second kappa shape index (κ2) is 2.82. The molecular formula is C12H15N2O4-. The molecule has 0 N–H and O–H groups in total. The van der Waals surface area contributed by atoms with Crippen LogP contribution in [0, 0.1) is 17.8 Å². The van der Waals surface area contributed by atoms with E-state index in [2.05, 4.69) is 5.11 Å². The molecule has 0 aromatic rings. The molecule has 0 spiro atoms. The number of carbonyl (C=O) groups excluding carboxylic acids is 2. The van der Waals surface area contributed by atoms with Gasteiger partial charge in [0.15, 0.2) is 5.54 Å². The zero-order chi connectivity index (χ0) is 13.5. The fourth-order valence-electron chi connectivity index (χ4n) is 4.22. The molecule has 3 heterocycles. The van der Waals surface area contributed by atoms with Crippen LogP contribution in [0.5, 0.6) is 0 Å². The van der Waals surface area contributed by atoms with Crippen molar-refractivity contribution in [3.63, 3.8) is 0 Å². The number of fused-ring (bicyclic) bond motifs is 5. The summed E-state index contributed by atoms with van der Waals surface area (Å²) < 4.78 is 10.7. The number of hydrogen-bond acceptors (Lipinski definition) is 5. The Morgan fingerprint density at radius 3 is 2.39 bits per heavy atom. The molecule has 18 heavy (non-hydrogen) atoms. The summed E-state index contributed by atoms with van der Waals surface area (Å²) in [6, 6.07) is 0. The molecule has 0 amide bonds. The van der Waals surface area contributed by atoms with Crippen molar-refractivity contribution < 1.29 is 19.1 Å². The van der Waals surface area contributed by atoms with Crippen molar-refractivity contribution in [1.29, 1.82) is 0 Å². The molecule has 6 nitrogen and oxygen atoms in total. The standard InChI is InChI=1S/C12H15N2O4/c1-5-6(2)11(4)12(14-13)7(10(5,3)18-11)8(15)17-9(12)16/h5-7H,1-4H3/q-1/t5-,6+,7?,10?,11?,12+/m0/s1. The van der Waals surface area contributed by atoms with E-state index in [1.54, 1.807) is 13.8 Å². The second-order valence-corrected chi connectivity index (χ2v) is 5.98. The van der Waals surface area contributed by atoms with Gasteiger partial charge in [0.1, 0.15) is 11.5 Å². The first-order chi connectivity index (χ1) is 8.25. The molecule has 3 aliphatic rings. The predicted molar refractivity (Wildman–Crippen MR) is 59.3 cm³/mol. The van der Waals surface area contributed by atoms with Gasteiger partial charge in [-0.25, -0.2) is 4.79 Å². The van der Waals surface area contributed by atoms with Gasteiger partial charge in [0, 0.05) is 0 Å². The van der Waals surface area contributed by atoms with E-state index in [9.17, 15) is 15.1 Å². The molecule has 6 atom stereocenters. The fraction of sp³-hybridized carbons (Fsp3) is 0.833. The maximum atomic E-state index is 12.0. The van der Waals surface area contributed by atoms with Crippen molar-refractivity contribution in [2.24, 2.45) is 22.9 Å². The molecule has 0 radical (unpaired) electrons. The summed E-state index contributed by atoms with van der Waals surface area (Å²) in [6.45, 7) is 7.43. The lowest BCUT2D eigenvalue weighted by Crippen LogP contribution is -2.61. The fourth-order valence-corrected chi connectivity index (χ4v) is 4.22. The van der Waals surface area contributed by atoms with Crippen molar-refractivity contribution >= 4 is 11.9 Å². The van der Waals surface area contributed by atoms with Crippen LogP contribution in [0.3, 0.4) is 0 Å². The third-order valence-corrected chi connectivity index (χ3v) is 5.60. The number of rotatable bonds is 1. The Kier molecular flexibility index (Phi) is 1.84. The van der Waals surface area contributed by atoms with Crippen LogP contribution >= 0.6 is 0 Å². The summed E-state index contributed by atoms with van der Waals surface area (Å²) in [5.41, 5.74) is 5.97. The molecule has 2 bridgehead atoms. The van der Waals surface area contributed by atoms with Crippen LogP contribution in [0.4, 0.5) is 0 Å². The Balaban J connectivity index is 2.30. The smallest absolute Gasteiger partial charge is 0.343 e. The van der Waals surface area contributed by atoms with Crippen LogP contribution in [0.1, 0.15) is 27.7 Å². The monoisotopic (exact) mass is 251 g/mol. The van der Waals surface area contributed by atoms with Gasteiger partial charge in [-0.15, -0.1) is 0 Å². The van der Waals surface area contributed by atoms with Gasteiger partial charge in [-0.2, -0.15) is 0 Å². The Bertz CT molecular complexity index is 492. The van der Waals surface area contributed by atoms with E-state index in [0.29, 0.717) is 0 Å². The first-order valence-electron chi connectivity index (χ1n) is 6.08. The number of nitrogens with zero attached hydrogens (tertiary/aromatic N) is 2. The number of hydrogen-bond donors (Lipinski definition) is 0. The van der Waals surface area contributed by atoms with E-state index in [4.69, 9.17) is 9.47 Å². The number of ether oxygens (including phenoxy) is 2. The van der Waals surface area contributed by atoms with Gasteiger partial charge in [-0.05, 0) is 25.7 Å². The second-order valence-electron chi connectivity index (χ2n) is 5.98. The van der Waals surface area contributed by atoms with Crippen LogP contribution in [0.25, 0.3) is 5.53 Å². The van der Waals surface area contributed by atoms with Gasteiger partial charge in [0.05, 0.1) is 5.60 Å². The third kappa shape index (κ3) is 0.801. The van der Waals surface area contributed by atoms with Gasteiger partial charge in [0.2, 0.25) is 0 Å². The average Bonchev–Trinajstić information content (AvgIpc) is 2.76. The predicted octanol–water partition coefficient (Wildman–Crippen LogP) is 1.28. The molecule has 3 saturated heterocycles. The summed E-state index contributed by atoms with van der Waals surface area (Å²) >= 11 is 0. The normalized spacial score (nSPS) is 57.7. The van der Waals surface area contributed by atoms with E-state index < -0.39 is 34.6 Å². The topological polar surface area (TPSA) is 87.3 Å². The maximum absolute atomic E-state index is 12.0. The lowest BCUT2D eigenvalue weighted by molar-refractivity contribution is -0.163. The van der Waals surface area contributed by atoms with Crippen LogP contribution in [0.2, 0.25) is 0 Å². The Morgan fingerprint density at radius 2 is 1.83 bits per heavy atom. The minimum atomic E-state index is -1.61. The van der Waals surface area contributed by atoms with Crippen molar-refractivity contribution in [2.75, 3.05) is 0 Å². The van der Waals surface area contributed by atoms with Gasteiger partial charge < -0.3 is 20.1 Å². The zero-order valence-corrected chi connectivity index (χ0v) is 10.8. The zero-order valence-electron chi connectivity index (χ0n) is 10.8. The highest BCUT2D eigenvalue weighted by Gasteiger charge is 2.84. The molecule has 3 aliphatic heterocycles. The summed E-state index contributed by atoms with van der Waals surface area (Å²) in [7, 11) is 0. The molecule has 0 aromatic heterocycles. The minimum Gasteiger partial charge on any atom is -0.711 e. The number of cyclic esters (lactones) is 2. The van der Waals surface area contributed by atoms with Crippen molar-refractivity contribution in [1.82, 2.24) is 0 Å². The summed E-state index contributed by atoms with van der Waals surface area (Å²) in [5, 5.41) is 3.28. The largest absolute Gasteiger partial charge is 0.711 e. The summed E-state index contributed by atoms with van der Waals surface area (Å²) in [4.78, 5) is 24.0. The molecular weight excluding hydrogens is 236 g/mol. The highest BCUT2D eigenvalue weighted by Crippen LogP contribution is 2.67. The third-order valence-electron chi connectivity index (χ3n) is 5.60. The van der Waals surface area contributed by atoms with Crippen molar-refractivity contribution in [3.8, 4) is 0 Å². The Hall–Kier alpha value is -1.30. The Labute approximate surface area is 105 Å². The van der Waals surface area contributed by atoms with Gasteiger partial charge in [-0.1, -0.05) is 13.8 Å². The van der Waals surface area contributed by atoms with Crippen LogP contribution < -0.4 is 0 Å². The summed E-state index contributed by atoms with van der Waals surface area (Å²) in [6.07, 6.45) is 0. The lowest BCUT2D eigenvalue weighted by atomic mass is 9.56. The van der Waals surface area contributed by atoms with Crippen LogP contribution in [-0.2, 0) is 19.1 Å². The summed E-state index contributed by atoms with van der Waals surface area (Å²) in [5.74, 6) is -2.26. The van der Waals surface area contributed by atoms with Gasteiger partial charge in [0.25, 0.3) is 0 Å². The number of esters is 2. The van der Waals surface area contributed by atoms with E-state index in [0.717, 1.165) is 0 Å². The molecule has 3 unspecified atom stereocenters. The Morgan fingerprint density at radius 1 is 1.22 bits per heavy atom. The molecule has 3 rings (SSSR count). The molecule has 0 aliphatic carbocycles. The van der Waals surface area contributed by atoms with Crippen LogP contribution in [-0.4, -0.2) is 28.7 Å². The average molecular weight is 251 g/mol. The van der Waals surface area contributed by atoms with Gasteiger partial charge >= 0.3 is 11.9 Å². The molecule has 3 fully saturated rings. The van der Waals surface area contributed by atoms with Gasteiger partial charge in [-0.3, -0.25) is 4.79 Å². The van der Waals surface area contributed by atoms with Crippen LogP contribution in [0.15, 0.2) is 5.11 Å². The van der Waals surface area contributed by atoms with Crippen molar-refractivity contribution in [3.05, 3.63) is 5.53 Å². The van der Waals surface area contributed by atoms with Crippen molar-refractivity contribution in [2.45, 2.75) is 44.4 Å². The maximum Gasteiger partial charge on any atom is 0.343 e. The van der Waals surface area contributed by atoms with E-state index in [1.807, 2.05) is 13.8 Å². The SMILES string of the molecule is C[C@@H]1[C@H](C)C2(C)OC1(C)[C@]1(N=[N-])C(=O)OC(=O)C21. The van der Waals surface area contributed by atoms with E-state index in [1.165, 1.54) is 0 Å². The highest BCUT2D eigenvalue weighted by atomic mass is 16.6. The highest BCUT2D eigenvalue weighted by molar-refractivity contribution is 6.05. The molecule has 98 valence electrons. The first-order valence-corrected chi connectivity index (χ1v) is 6.08. The van der Waals surface area contributed by atoms with E-state index in [-0.39, 0.29) is 11.8 Å². The molecule has 6 heteroatoms. The molecule has 0 saturated carbocycles. The first kappa shape index (κ1) is 11.8.